The molecule has 2 N–H and O–H groups in total. The van der Waals surface area contributed by atoms with Crippen molar-refractivity contribution in [3.63, 3.8) is 0 Å². The first-order chi connectivity index (χ1) is 8.24. The molecule has 1 heterocycles. The minimum absolute atomic E-state index is 0.143. The molecule has 1 aromatic carbocycles. The first-order valence-corrected chi connectivity index (χ1v) is 5.56. The van der Waals surface area contributed by atoms with Gasteiger partial charge in [0.1, 0.15) is 11.5 Å². The molecule has 0 aromatic heterocycles. The number of hydrogen-bond donors (Lipinski definition) is 2. The summed E-state index contributed by atoms with van der Waals surface area (Å²) in [6.45, 7) is 0. The van der Waals surface area contributed by atoms with E-state index in [2.05, 4.69) is 0 Å². The van der Waals surface area contributed by atoms with Crippen LogP contribution < -0.4 is 9.84 Å². The molecule has 100 valence electrons. The number of alkyl halides is 2. The predicted molar refractivity (Wildman–Crippen MR) is 51.4 cm³/mol. The normalized spacial score (nSPS) is 18.9. The fraction of sp³-hybridized carbons (Fsp3) is 0.250. The molecule has 1 aromatic rings. The van der Waals surface area contributed by atoms with Crippen LogP contribution in [0.1, 0.15) is 5.56 Å². The molecule has 0 fully saturated rings. The van der Waals surface area contributed by atoms with Crippen LogP contribution in [0, 0.1) is 17.5 Å². The van der Waals surface area contributed by atoms with Crippen molar-refractivity contribution in [3.8, 4) is 0 Å². The molecular weight excluding hydrogens is 283 g/mol. The minimum atomic E-state index is -3.85. The third-order valence-corrected chi connectivity index (χ3v) is 2.69. The van der Waals surface area contributed by atoms with E-state index in [1.165, 1.54) is 4.83 Å². The van der Waals surface area contributed by atoms with E-state index in [4.69, 9.17) is 4.55 Å². The molecule has 0 saturated heterocycles. The number of fused-ring (bicyclic) bond motifs is 1. The summed E-state index contributed by atoms with van der Waals surface area (Å²) in [4.78, 5) is 1.32. The summed E-state index contributed by atoms with van der Waals surface area (Å²) in [5.41, 5.74) is -1.88. The van der Waals surface area contributed by atoms with E-state index in [9.17, 15) is 26.2 Å². The van der Waals surface area contributed by atoms with Gasteiger partial charge in [0.25, 0.3) is 11.3 Å². The fourth-order valence-corrected chi connectivity index (χ4v) is 2.05. The van der Waals surface area contributed by atoms with Gasteiger partial charge >= 0.3 is 6.05 Å². The Morgan fingerprint density at radius 2 is 1.94 bits per heavy atom. The summed E-state index contributed by atoms with van der Waals surface area (Å²) in [5, 5.41) is -0.347. The lowest BCUT2D eigenvalue weighted by molar-refractivity contribution is 0.00221. The maximum atomic E-state index is 13.4. The number of nitrogens with zero attached hydrogens (tertiary/aromatic N) is 1. The van der Waals surface area contributed by atoms with E-state index < -0.39 is 52.4 Å². The maximum Gasteiger partial charge on any atom is 0.343 e. The summed E-state index contributed by atoms with van der Waals surface area (Å²) in [5.74, 6) is -4.74. The highest BCUT2D eigenvalue weighted by Crippen LogP contribution is 2.43. The molecule has 0 amide bonds. The zero-order valence-electron chi connectivity index (χ0n) is 8.39. The van der Waals surface area contributed by atoms with Crippen molar-refractivity contribution in [2.75, 3.05) is 5.01 Å². The highest BCUT2D eigenvalue weighted by molar-refractivity contribution is 7.77. The zero-order chi connectivity index (χ0) is 13.7. The maximum absolute atomic E-state index is 13.4. The molecule has 0 bridgehead atoms. The Morgan fingerprint density at radius 3 is 2.50 bits per heavy atom. The van der Waals surface area contributed by atoms with E-state index in [1.807, 2.05) is 0 Å². The third kappa shape index (κ3) is 1.95. The van der Waals surface area contributed by atoms with E-state index in [0.717, 1.165) is 0 Å². The van der Waals surface area contributed by atoms with Crippen molar-refractivity contribution in [3.05, 3.63) is 29.1 Å². The van der Waals surface area contributed by atoms with Crippen LogP contribution in [0.2, 0.25) is 0 Å². The number of halogens is 5. The van der Waals surface area contributed by atoms with Gasteiger partial charge in [0.05, 0.1) is 6.42 Å². The number of hydrazine groups is 1. The van der Waals surface area contributed by atoms with Gasteiger partial charge < -0.3 is 0 Å². The van der Waals surface area contributed by atoms with E-state index in [1.54, 1.807) is 0 Å². The molecular formula is C8H5F5N2O2S. The Labute approximate surface area is 99.8 Å². The zero-order valence-corrected chi connectivity index (χ0v) is 9.20. The lowest BCUT2D eigenvalue weighted by atomic mass is 10.1. The number of benzene rings is 1. The van der Waals surface area contributed by atoms with E-state index in [-0.39, 0.29) is 11.1 Å². The predicted octanol–water partition coefficient (Wildman–Crippen LogP) is 1.70. The standard InChI is InChI=1S/C8H5F5N2O2S/c9-4-1-5(10)6(11)7-3(4)2-8(12,13)15(7)14-18(16)17/h1,14H,2H2,(H,16,17). The molecule has 4 nitrogen and oxygen atoms in total. The summed E-state index contributed by atoms with van der Waals surface area (Å²) in [6.07, 6.45) is -1.24. The molecule has 0 radical (unpaired) electrons. The van der Waals surface area contributed by atoms with Crippen LogP contribution in [0.3, 0.4) is 0 Å². The first kappa shape index (κ1) is 13.2. The molecule has 18 heavy (non-hydrogen) atoms. The Hall–Kier alpha value is -1.26. The molecule has 0 spiro atoms. The Balaban J connectivity index is 2.62. The SMILES string of the molecule is O=S(O)NN1c2c(F)c(F)cc(F)c2CC1(F)F. The first-order valence-electron chi connectivity index (χ1n) is 4.45. The van der Waals surface area contributed by atoms with Crippen LogP contribution in [0.5, 0.6) is 0 Å². The van der Waals surface area contributed by atoms with Crippen molar-refractivity contribution in [2.45, 2.75) is 12.5 Å². The average Bonchev–Trinajstić information content (AvgIpc) is 2.48. The smallest absolute Gasteiger partial charge is 0.293 e. The third-order valence-electron chi connectivity index (χ3n) is 2.35. The van der Waals surface area contributed by atoms with Crippen LogP contribution in [0.4, 0.5) is 27.6 Å². The average molecular weight is 288 g/mol. The molecule has 1 aliphatic rings. The highest BCUT2D eigenvalue weighted by atomic mass is 32.2. The van der Waals surface area contributed by atoms with Gasteiger partial charge in [-0.25, -0.2) is 22.4 Å². The van der Waals surface area contributed by atoms with Gasteiger partial charge in [0.15, 0.2) is 11.6 Å². The number of hydrogen-bond acceptors (Lipinski definition) is 2. The monoisotopic (exact) mass is 288 g/mol. The minimum Gasteiger partial charge on any atom is -0.293 e. The van der Waals surface area contributed by atoms with Crippen LogP contribution in [0.25, 0.3) is 0 Å². The van der Waals surface area contributed by atoms with Crippen LogP contribution in [-0.2, 0) is 17.7 Å². The van der Waals surface area contributed by atoms with Crippen LogP contribution in [0.15, 0.2) is 6.07 Å². The second kappa shape index (κ2) is 4.14. The summed E-state index contributed by atoms with van der Waals surface area (Å²) in [7, 11) is 0. The van der Waals surface area contributed by atoms with Gasteiger partial charge in [0, 0.05) is 11.6 Å². The summed E-state index contributed by atoms with van der Waals surface area (Å²) in [6, 6.07) is -3.71. The Morgan fingerprint density at radius 1 is 1.33 bits per heavy atom. The second-order valence-corrected chi connectivity index (χ2v) is 4.18. The molecule has 10 heteroatoms. The fourth-order valence-electron chi connectivity index (χ4n) is 1.67. The van der Waals surface area contributed by atoms with Gasteiger partial charge in [-0.2, -0.15) is 8.78 Å². The molecule has 2 rings (SSSR count). The Kier molecular flexibility index (Phi) is 3.03. The van der Waals surface area contributed by atoms with Crippen molar-refractivity contribution >= 4 is 17.0 Å². The molecule has 0 aliphatic carbocycles. The highest BCUT2D eigenvalue weighted by Gasteiger charge is 2.49. The van der Waals surface area contributed by atoms with Crippen molar-refractivity contribution in [1.82, 2.24) is 4.83 Å². The van der Waals surface area contributed by atoms with Gasteiger partial charge in [0.2, 0.25) is 0 Å². The largest absolute Gasteiger partial charge is 0.343 e. The molecule has 1 atom stereocenters. The van der Waals surface area contributed by atoms with Crippen LogP contribution >= 0.6 is 0 Å². The molecule has 1 unspecified atom stereocenters. The summed E-state index contributed by atoms with van der Waals surface area (Å²) >= 11 is -2.95. The number of anilines is 1. The van der Waals surface area contributed by atoms with Crippen molar-refractivity contribution < 1.29 is 30.7 Å². The quantitative estimate of drug-likeness (QED) is 0.377. The number of nitrogens with one attached hydrogen (secondary N) is 1. The second-order valence-electron chi connectivity index (χ2n) is 3.50. The lowest BCUT2D eigenvalue weighted by Crippen LogP contribution is -2.49. The van der Waals surface area contributed by atoms with Gasteiger partial charge in [-0.15, -0.1) is 4.83 Å². The number of rotatable bonds is 2. The molecule has 0 saturated carbocycles. The Bertz CT molecular complexity index is 539. The summed E-state index contributed by atoms with van der Waals surface area (Å²) < 4.78 is 85.3. The van der Waals surface area contributed by atoms with E-state index in [0.29, 0.717) is 0 Å². The van der Waals surface area contributed by atoms with Crippen molar-refractivity contribution in [2.24, 2.45) is 0 Å². The molecule has 1 aliphatic heterocycles. The van der Waals surface area contributed by atoms with Crippen LogP contribution in [-0.4, -0.2) is 14.8 Å². The lowest BCUT2D eigenvalue weighted by Gasteiger charge is -2.25. The van der Waals surface area contributed by atoms with Gasteiger partial charge in [-0.05, 0) is 0 Å². The van der Waals surface area contributed by atoms with Gasteiger partial charge in [-0.1, -0.05) is 0 Å². The van der Waals surface area contributed by atoms with Crippen molar-refractivity contribution in [1.29, 1.82) is 0 Å². The van der Waals surface area contributed by atoms with Gasteiger partial charge in [-0.3, -0.25) is 4.55 Å². The topological polar surface area (TPSA) is 52.6 Å². The van der Waals surface area contributed by atoms with E-state index >= 15 is 0 Å².